The van der Waals surface area contributed by atoms with E-state index in [1.165, 1.54) is 23.0 Å². The van der Waals surface area contributed by atoms with E-state index < -0.39 is 0 Å². The molecule has 24 heavy (non-hydrogen) atoms. The van der Waals surface area contributed by atoms with Crippen LogP contribution in [0.25, 0.3) is 0 Å². The Labute approximate surface area is 141 Å². The van der Waals surface area contributed by atoms with Crippen LogP contribution < -0.4 is 10.6 Å². The number of aryl methyl sites for hydroxylation is 1. The molecule has 6 nitrogen and oxygen atoms in total. The van der Waals surface area contributed by atoms with Crippen LogP contribution in [0.3, 0.4) is 0 Å². The van der Waals surface area contributed by atoms with E-state index in [1.54, 1.807) is 13.2 Å². The normalized spacial score (nSPS) is 19.0. The Morgan fingerprint density at radius 1 is 1.33 bits per heavy atom. The number of nitrogens with zero attached hydrogens (tertiary/aromatic N) is 2. The zero-order valence-electron chi connectivity index (χ0n) is 14.2. The Morgan fingerprint density at radius 2 is 2.17 bits per heavy atom. The van der Waals surface area contributed by atoms with Gasteiger partial charge < -0.3 is 10.1 Å². The number of hydrogen-bond acceptors (Lipinski definition) is 4. The summed E-state index contributed by atoms with van der Waals surface area (Å²) in [5, 5.41) is 5.85. The number of aromatic nitrogens is 2. The number of ether oxygens (including phenoxy) is 1. The molecule has 1 heterocycles. The minimum Gasteiger partial charge on any atom is -0.378 e. The molecule has 0 radical (unpaired) electrons. The third-order valence-electron chi connectivity index (χ3n) is 4.29. The van der Waals surface area contributed by atoms with Crippen LogP contribution >= 0.6 is 0 Å². The van der Waals surface area contributed by atoms with Gasteiger partial charge in [0, 0.05) is 13.2 Å². The van der Waals surface area contributed by atoms with E-state index in [9.17, 15) is 4.79 Å². The first-order valence-corrected chi connectivity index (χ1v) is 8.03. The molecule has 1 aliphatic carbocycles. The van der Waals surface area contributed by atoms with Gasteiger partial charge in [-0.3, -0.25) is 5.32 Å². The molecule has 0 unspecified atom stereocenters. The summed E-state index contributed by atoms with van der Waals surface area (Å²) >= 11 is 0. The maximum atomic E-state index is 12.4. The van der Waals surface area contributed by atoms with Crippen LogP contribution in [0.2, 0.25) is 0 Å². The van der Waals surface area contributed by atoms with Gasteiger partial charge in [0.1, 0.15) is 12.1 Å². The first kappa shape index (κ1) is 16.4. The maximum Gasteiger partial charge on any atom is 0.320 e. The Hall–Kier alpha value is -2.47. The van der Waals surface area contributed by atoms with Crippen LogP contribution in [-0.2, 0) is 17.8 Å². The van der Waals surface area contributed by atoms with Gasteiger partial charge in [-0.25, -0.2) is 14.8 Å². The van der Waals surface area contributed by atoms with E-state index in [2.05, 4.69) is 52.6 Å². The molecule has 6 heteroatoms. The van der Waals surface area contributed by atoms with Gasteiger partial charge in [0.15, 0.2) is 0 Å². The lowest BCUT2D eigenvalue weighted by atomic mass is 10.0. The number of carbonyl (C=O) groups excluding carboxylic acids is 1. The van der Waals surface area contributed by atoms with E-state index in [0.717, 1.165) is 12.1 Å². The molecule has 2 N–H and O–H groups in total. The van der Waals surface area contributed by atoms with E-state index >= 15 is 0 Å². The molecular weight excluding hydrogens is 304 g/mol. The van der Waals surface area contributed by atoms with Gasteiger partial charge in [-0.15, -0.1) is 0 Å². The summed E-state index contributed by atoms with van der Waals surface area (Å²) in [5.41, 5.74) is 4.44. The highest BCUT2D eigenvalue weighted by atomic mass is 16.5. The smallest absolute Gasteiger partial charge is 0.320 e. The second-order valence-corrected chi connectivity index (χ2v) is 6.29. The molecule has 0 saturated carbocycles. The van der Waals surface area contributed by atoms with Gasteiger partial charge in [-0.1, -0.05) is 30.7 Å². The molecule has 0 fully saturated rings. The van der Waals surface area contributed by atoms with Crippen molar-refractivity contribution in [2.75, 3.05) is 12.4 Å². The maximum absolute atomic E-state index is 12.4. The summed E-state index contributed by atoms with van der Waals surface area (Å²) in [6.45, 7) is 4.60. The summed E-state index contributed by atoms with van der Waals surface area (Å²) in [6, 6.07) is 7.89. The van der Waals surface area contributed by atoms with Crippen LogP contribution in [0.5, 0.6) is 0 Å². The summed E-state index contributed by atoms with van der Waals surface area (Å²) in [5.74, 6) is 0.826. The zero-order chi connectivity index (χ0) is 17.1. The number of nitrogens with one attached hydrogen (secondary N) is 2. The number of hydrogen-bond donors (Lipinski definition) is 2. The van der Waals surface area contributed by atoms with Gasteiger partial charge in [-0.05, 0) is 30.4 Å². The van der Waals surface area contributed by atoms with Gasteiger partial charge in [0.2, 0.25) is 0 Å². The molecule has 0 aliphatic heterocycles. The number of methoxy groups -OCH3 is 1. The number of anilines is 1. The fourth-order valence-electron chi connectivity index (χ4n) is 3.17. The predicted octanol–water partition coefficient (Wildman–Crippen LogP) is 2.99. The largest absolute Gasteiger partial charge is 0.378 e. The van der Waals surface area contributed by atoms with Crippen molar-refractivity contribution in [3.8, 4) is 0 Å². The van der Waals surface area contributed by atoms with Crippen molar-refractivity contribution in [2.45, 2.75) is 32.9 Å². The van der Waals surface area contributed by atoms with E-state index in [0.29, 0.717) is 18.3 Å². The van der Waals surface area contributed by atoms with Gasteiger partial charge >= 0.3 is 6.03 Å². The van der Waals surface area contributed by atoms with Crippen molar-refractivity contribution in [3.05, 3.63) is 53.0 Å². The summed E-state index contributed by atoms with van der Waals surface area (Å²) in [4.78, 5) is 20.5. The highest BCUT2D eigenvalue weighted by molar-refractivity contribution is 5.88. The highest BCUT2D eigenvalue weighted by Crippen LogP contribution is 2.36. The molecule has 3 rings (SSSR count). The van der Waals surface area contributed by atoms with Gasteiger partial charge in [0.25, 0.3) is 0 Å². The van der Waals surface area contributed by atoms with Crippen molar-refractivity contribution in [1.29, 1.82) is 0 Å². The van der Waals surface area contributed by atoms with Crippen LogP contribution in [-0.4, -0.2) is 23.1 Å². The van der Waals surface area contributed by atoms with Crippen molar-refractivity contribution in [3.63, 3.8) is 0 Å². The van der Waals surface area contributed by atoms with E-state index in [1.807, 2.05) is 0 Å². The molecule has 2 amide bonds. The van der Waals surface area contributed by atoms with Crippen molar-refractivity contribution < 1.29 is 9.53 Å². The van der Waals surface area contributed by atoms with Crippen molar-refractivity contribution in [1.82, 2.24) is 15.3 Å². The summed E-state index contributed by atoms with van der Waals surface area (Å²) in [7, 11) is 1.60. The third-order valence-corrected chi connectivity index (χ3v) is 4.29. The van der Waals surface area contributed by atoms with Crippen LogP contribution in [0.15, 0.2) is 30.6 Å². The van der Waals surface area contributed by atoms with Crippen molar-refractivity contribution >= 4 is 11.8 Å². The Balaban J connectivity index is 1.69. The lowest BCUT2D eigenvalue weighted by Crippen LogP contribution is -2.34. The molecule has 1 aromatic carbocycles. The molecule has 2 aromatic rings. The van der Waals surface area contributed by atoms with Crippen LogP contribution in [0, 0.1) is 12.8 Å². The fourth-order valence-corrected chi connectivity index (χ4v) is 3.17. The quantitative estimate of drug-likeness (QED) is 0.905. The van der Waals surface area contributed by atoms with E-state index in [-0.39, 0.29) is 12.1 Å². The van der Waals surface area contributed by atoms with Gasteiger partial charge in [-0.2, -0.15) is 0 Å². The SMILES string of the molecule is COCc1cc(NC(=O)N[C@@H]2c3cc(C)ccc3C[C@H]2C)ncn1. The predicted molar refractivity (Wildman–Crippen MR) is 91.7 cm³/mol. The fraction of sp³-hybridized carbons (Fsp3) is 0.389. The first-order valence-electron chi connectivity index (χ1n) is 8.03. The standard InChI is InChI=1S/C18H22N4O2/c1-11-4-5-13-7-12(2)17(15(13)6-11)22-18(23)21-16-8-14(9-24-3)19-10-20-16/h4-6,8,10,12,17H,7,9H2,1-3H3,(H2,19,20,21,22,23)/t12-,17+/m1/s1. The molecule has 0 saturated heterocycles. The van der Waals surface area contributed by atoms with Crippen LogP contribution in [0.4, 0.5) is 10.6 Å². The molecule has 1 aliphatic rings. The number of urea groups is 1. The second-order valence-electron chi connectivity index (χ2n) is 6.29. The molecular formula is C18H22N4O2. The molecule has 126 valence electrons. The molecule has 0 bridgehead atoms. The average Bonchev–Trinajstić information content (AvgIpc) is 2.84. The number of benzene rings is 1. The molecule has 0 spiro atoms. The number of fused-ring (bicyclic) bond motifs is 1. The van der Waals surface area contributed by atoms with E-state index in [4.69, 9.17) is 4.74 Å². The number of rotatable bonds is 4. The average molecular weight is 326 g/mol. The molecule has 1 aromatic heterocycles. The molecule has 2 atom stereocenters. The lowest BCUT2D eigenvalue weighted by molar-refractivity contribution is 0.181. The number of carbonyl (C=O) groups is 1. The van der Waals surface area contributed by atoms with Crippen LogP contribution in [0.1, 0.15) is 35.3 Å². The third kappa shape index (κ3) is 3.54. The minimum absolute atomic E-state index is 0.0141. The second kappa shape index (κ2) is 6.97. The lowest BCUT2D eigenvalue weighted by Gasteiger charge is -2.19. The first-order chi connectivity index (χ1) is 11.6. The topological polar surface area (TPSA) is 76.1 Å². The summed E-state index contributed by atoms with van der Waals surface area (Å²) in [6.07, 6.45) is 2.40. The zero-order valence-corrected chi connectivity index (χ0v) is 14.2. The highest BCUT2D eigenvalue weighted by Gasteiger charge is 2.30. The Bertz CT molecular complexity index is 748. The number of amides is 2. The Kier molecular flexibility index (Phi) is 4.76. The van der Waals surface area contributed by atoms with Crippen molar-refractivity contribution in [2.24, 2.45) is 5.92 Å². The Morgan fingerprint density at radius 3 is 2.96 bits per heavy atom. The summed E-state index contributed by atoms with van der Waals surface area (Å²) < 4.78 is 5.04. The monoisotopic (exact) mass is 326 g/mol. The minimum atomic E-state index is -0.261. The van der Waals surface area contributed by atoms with Gasteiger partial charge in [0.05, 0.1) is 18.3 Å².